The summed E-state index contributed by atoms with van der Waals surface area (Å²) in [7, 11) is -3.74. The molecule has 0 aliphatic carbocycles. The van der Waals surface area contributed by atoms with Crippen LogP contribution in [0.3, 0.4) is 0 Å². The topological polar surface area (TPSA) is 86.8 Å². The monoisotopic (exact) mass is 573 g/mol. The average molecular weight is 574 g/mol. The van der Waals surface area contributed by atoms with E-state index in [0.717, 1.165) is 10.9 Å². The minimum Gasteiger partial charge on any atom is -0.355 e. The summed E-state index contributed by atoms with van der Waals surface area (Å²) in [4.78, 5) is 28.9. The maximum Gasteiger partial charge on any atom is 0.265 e. The third-order valence-corrected chi connectivity index (χ3v) is 9.18. The van der Waals surface area contributed by atoms with Gasteiger partial charge in [0.25, 0.3) is 10.0 Å². The van der Waals surface area contributed by atoms with Crippen molar-refractivity contribution in [3.63, 3.8) is 0 Å². The smallest absolute Gasteiger partial charge is 0.265 e. The molecule has 0 aromatic heterocycles. The second kappa shape index (κ2) is 12.1. The Morgan fingerprint density at radius 3 is 2.32 bits per heavy atom. The van der Waals surface area contributed by atoms with Crippen molar-refractivity contribution in [2.75, 3.05) is 17.4 Å². The van der Waals surface area contributed by atoms with E-state index in [1.54, 1.807) is 30.3 Å². The molecule has 2 amide bonds. The van der Waals surface area contributed by atoms with E-state index >= 15 is 0 Å². The molecule has 1 aliphatic heterocycles. The number of nitrogens with zero attached hydrogens (tertiary/aromatic N) is 2. The minimum atomic E-state index is -3.74. The fourth-order valence-corrected chi connectivity index (χ4v) is 7.10. The molecule has 0 spiro atoms. The zero-order chi connectivity index (χ0) is 29.0. The standard InChI is InChI=1S/C32H32FN3O4S/c1-2-34-32(38)28(21-23-9-4-3-5-10-23)35(22-24-16-18-26(33)19-17-24)30(37)15-8-20-36-27-13-6-11-25-12-7-14-29(31(25)27)41(36,39)40/h3-7,9-14,16-19,28H,2,8,15,20-22H2,1H3,(H,34,38). The van der Waals surface area contributed by atoms with Crippen molar-refractivity contribution < 1.29 is 22.4 Å². The van der Waals surface area contributed by atoms with Crippen LogP contribution in [0.5, 0.6) is 0 Å². The van der Waals surface area contributed by atoms with Crippen LogP contribution in [0.2, 0.25) is 0 Å². The van der Waals surface area contributed by atoms with Crippen molar-refractivity contribution in [3.05, 3.63) is 108 Å². The molecular weight excluding hydrogens is 541 g/mol. The first-order valence-corrected chi connectivity index (χ1v) is 15.1. The van der Waals surface area contributed by atoms with E-state index in [-0.39, 0.29) is 48.5 Å². The van der Waals surface area contributed by atoms with E-state index in [2.05, 4.69) is 5.32 Å². The van der Waals surface area contributed by atoms with Crippen molar-refractivity contribution in [1.82, 2.24) is 10.2 Å². The normalized spacial score (nSPS) is 14.1. The lowest BCUT2D eigenvalue weighted by atomic mass is 10.0. The summed E-state index contributed by atoms with van der Waals surface area (Å²) >= 11 is 0. The maximum atomic E-state index is 13.8. The Labute approximate surface area is 239 Å². The van der Waals surface area contributed by atoms with Crippen LogP contribution in [0.1, 0.15) is 30.9 Å². The molecule has 0 saturated carbocycles. The number of rotatable bonds is 11. The fraction of sp³-hybridized carbons (Fsp3) is 0.250. The molecule has 1 heterocycles. The number of hydrogen-bond acceptors (Lipinski definition) is 4. The quantitative estimate of drug-likeness (QED) is 0.272. The first-order chi connectivity index (χ1) is 19.8. The number of carbonyl (C=O) groups excluding carboxylic acids is 2. The molecule has 5 rings (SSSR count). The summed E-state index contributed by atoms with van der Waals surface area (Å²) in [5, 5.41) is 4.39. The molecule has 7 nitrogen and oxygen atoms in total. The maximum absolute atomic E-state index is 13.8. The van der Waals surface area contributed by atoms with Gasteiger partial charge in [-0.15, -0.1) is 0 Å². The predicted molar refractivity (Wildman–Crippen MR) is 157 cm³/mol. The highest BCUT2D eigenvalue weighted by molar-refractivity contribution is 7.93. The molecule has 0 bridgehead atoms. The van der Waals surface area contributed by atoms with Gasteiger partial charge >= 0.3 is 0 Å². The molecule has 1 unspecified atom stereocenters. The van der Waals surface area contributed by atoms with Crippen molar-refractivity contribution in [3.8, 4) is 0 Å². The lowest BCUT2D eigenvalue weighted by Crippen LogP contribution is -2.50. The lowest BCUT2D eigenvalue weighted by Gasteiger charge is -2.32. The third kappa shape index (κ3) is 5.95. The molecule has 1 atom stereocenters. The molecule has 0 radical (unpaired) electrons. The third-order valence-electron chi connectivity index (χ3n) is 7.32. The number of carbonyl (C=O) groups is 2. The Morgan fingerprint density at radius 2 is 1.61 bits per heavy atom. The van der Waals surface area contributed by atoms with Gasteiger partial charge in [0.05, 0.1) is 10.6 Å². The molecule has 9 heteroatoms. The van der Waals surface area contributed by atoms with Gasteiger partial charge in [-0.3, -0.25) is 13.9 Å². The zero-order valence-electron chi connectivity index (χ0n) is 22.8. The zero-order valence-corrected chi connectivity index (χ0v) is 23.6. The number of benzene rings is 4. The fourth-order valence-electron chi connectivity index (χ4n) is 5.35. The van der Waals surface area contributed by atoms with Crippen LogP contribution < -0.4 is 9.62 Å². The van der Waals surface area contributed by atoms with Crippen LogP contribution in [0.4, 0.5) is 10.1 Å². The summed E-state index contributed by atoms with van der Waals surface area (Å²) in [5.41, 5.74) is 2.19. The molecule has 4 aromatic carbocycles. The molecule has 0 saturated heterocycles. The highest BCUT2D eigenvalue weighted by atomic mass is 32.2. The van der Waals surface area contributed by atoms with Crippen LogP contribution in [0, 0.1) is 5.82 Å². The average Bonchev–Trinajstić information content (AvgIpc) is 3.19. The largest absolute Gasteiger partial charge is 0.355 e. The molecular formula is C32H32FN3O4S. The van der Waals surface area contributed by atoms with Gasteiger partial charge in [0, 0.05) is 37.9 Å². The summed E-state index contributed by atoms with van der Waals surface area (Å²) in [6.07, 6.45) is 0.595. The first kappa shape index (κ1) is 28.3. The number of nitrogens with one attached hydrogen (secondary N) is 1. The van der Waals surface area contributed by atoms with Crippen LogP contribution in [-0.4, -0.2) is 44.3 Å². The number of hydrogen-bond donors (Lipinski definition) is 1. The Hall–Kier alpha value is -4.24. The first-order valence-electron chi connectivity index (χ1n) is 13.7. The molecule has 0 fully saturated rings. The number of amides is 2. The molecule has 41 heavy (non-hydrogen) atoms. The van der Waals surface area contributed by atoms with E-state index in [9.17, 15) is 22.4 Å². The van der Waals surface area contributed by atoms with E-state index in [1.165, 1.54) is 21.3 Å². The SMILES string of the molecule is CCNC(=O)C(Cc1ccccc1)N(Cc1ccc(F)cc1)C(=O)CCCN1c2cccc3cccc(c23)S1(=O)=O. The van der Waals surface area contributed by atoms with Crippen molar-refractivity contribution >= 4 is 38.3 Å². The second-order valence-electron chi connectivity index (χ2n) is 10.1. The van der Waals surface area contributed by atoms with Gasteiger partial charge < -0.3 is 10.2 Å². The van der Waals surface area contributed by atoms with E-state index in [1.807, 2.05) is 55.5 Å². The van der Waals surface area contributed by atoms with Gasteiger partial charge in [0.1, 0.15) is 11.9 Å². The Bertz CT molecular complexity index is 1650. The molecule has 4 aromatic rings. The highest BCUT2D eigenvalue weighted by Crippen LogP contribution is 2.42. The molecule has 212 valence electrons. The second-order valence-corrected chi connectivity index (χ2v) is 11.9. The van der Waals surface area contributed by atoms with E-state index in [4.69, 9.17) is 0 Å². The van der Waals surface area contributed by atoms with Crippen LogP contribution in [-0.2, 0) is 32.6 Å². The van der Waals surface area contributed by atoms with Crippen molar-refractivity contribution in [2.45, 2.75) is 43.7 Å². The number of likely N-dealkylation sites (N-methyl/N-ethyl adjacent to an activating group) is 1. The predicted octanol–water partition coefficient (Wildman–Crippen LogP) is 5.04. The van der Waals surface area contributed by atoms with Crippen molar-refractivity contribution in [1.29, 1.82) is 0 Å². The van der Waals surface area contributed by atoms with Gasteiger partial charge in [-0.1, -0.05) is 66.7 Å². The Balaban J connectivity index is 1.38. The molecule has 1 N–H and O–H groups in total. The van der Waals surface area contributed by atoms with E-state index < -0.39 is 16.1 Å². The summed E-state index contributed by atoms with van der Waals surface area (Å²) in [5.74, 6) is -0.955. The molecule has 1 aliphatic rings. The Morgan fingerprint density at radius 1 is 0.902 bits per heavy atom. The summed E-state index contributed by atoms with van der Waals surface area (Å²) in [6.45, 7) is 2.46. The Kier molecular flexibility index (Phi) is 8.35. The summed E-state index contributed by atoms with van der Waals surface area (Å²) < 4.78 is 41.7. The highest BCUT2D eigenvalue weighted by Gasteiger charge is 2.36. The van der Waals surface area contributed by atoms with Gasteiger partial charge in [-0.05, 0) is 54.1 Å². The number of anilines is 1. The van der Waals surface area contributed by atoms with Gasteiger partial charge in [-0.2, -0.15) is 0 Å². The summed E-state index contributed by atoms with van der Waals surface area (Å²) in [6, 6.07) is 25.2. The van der Waals surface area contributed by atoms with Gasteiger partial charge in [0.2, 0.25) is 11.8 Å². The van der Waals surface area contributed by atoms with Crippen molar-refractivity contribution in [2.24, 2.45) is 0 Å². The number of sulfonamides is 1. The van der Waals surface area contributed by atoms with Crippen LogP contribution >= 0.6 is 0 Å². The van der Waals surface area contributed by atoms with Gasteiger partial charge in [0.15, 0.2) is 0 Å². The van der Waals surface area contributed by atoms with Crippen LogP contribution in [0.15, 0.2) is 95.9 Å². The van der Waals surface area contributed by atoms with E-state index in [0.29, 0.717) is 29.6 Å². The number of halogens is 1. The minimum absolute atomic E-state index is 0.0320. The van der Waals surface area contributed by atoms with Crippen LogP contribution in [0.25, 0.3) is 10.8 Å². The lowest BCUT2D eigenvalue weighted by molar-refractivity contribution is -0.141. The van der Waals surface area contributed by atoms with Gasteiger partial charge in [-0.25, -0.2) is 12.8 Å².